The van der Waals surface area contributed by atoms with Gasteiger partial charge in [0.1, 0.15) is 5.54 Å². The van der Waals surface area contributed by atoms with Crippen molar-refractivity contribution in [3.8, 4) is 0 Å². The molecular weight excluding hydrogens is 448 g/mol. The molecule has 3 amide bonds. The highest BCUT2D eigenvalue weighted by Crippen LogP contribution is 2.44. The number of hydrogen-bond acceptors (Lipinski definition) is 4. The fourth-order valence-corrected chi connectivity index (χ4v) is 7.06. The molecule has 0 bridgehead atoms. The Balaban J connectivity index is 1.16. The number of amides is 3. The predicted molar refractivity (Wildman–Crippen MR) is 142 cm³/mol. The SMILES string of the molecule is CCN1C(=O)N(C2CCCc3ccccc32)C(=O)C12CCN(Cc1ccc(N3CCCC3)cc1)CC2. The molecule has 3 aliphatic heterocycles. The summed E-state index contributed by atoms with van der Waals surface area (Å²) in [5.74, 6) is 0.0330. The second-order valence-electron chi connectivity index (χ2n) is 11.0. The molecule has 6 rings (SSSR count). The number of benzene rings is 2. The van der Waals surface area contributed by atoms with E-state index >= 15 is 0 Å². The van der Waals surface area contributed by atoms with Crippen LogP contribution in [0.1, 0.15) is 68.2 Å². The molecule has 3 saturated heterocycles. The third-order valence-electron chi connectivity index (χ3n) is 9.03. The van der Waals surface area contributed by atoms with Gasteiger partial charge >= 0.3 is 6.03 Å². The zero-order valence-electron chi connectivity index (χ0n) is 21.5. The maximum Gasteiger partial charge on any atom is 0.328 e. The normalized spacial score (nSPS) is 24.1. The van der Waals surface area contributed by atoms with Gasteiger partial charge in [0.25, 0.3) is 5.91 Å². The number of hydrogen-bond donors (Lipinski definition) is 0. The number of fused-ring (bicyclic) bond motifs is 1. The summed E-state index contributed by atoms with van der Waals surface area (Å²) in [4.78, 5) is 36.1. The van der Waals surface area contributed by atoms with E-state index in [0.717, 1.165) is 57.5 Å². The Morgan fingerprint density at radius 1 is 0.889 bits per heavy atom. The zero-order valence-corrected chi connectivity index (χ0v) is 21.5. The van der Waals surface area contributed by atoms with Crippen LogP contribution in [0.25, 0.3) is 0 Å². The maximum atomic E-state index is 14.0. The molecule has 1 aliphatic carbocycles. The van der Waals surface area contributed by atoms with Crippen molar-refractivity contribution in [2.75, 3.05) is 37.6 Å². The molecule has 3 heterocycles. The minimum atomic E-state index is -0.686. The summed E-state index contributed by atoms with van der Waals surface area (Å²) < 4.78 is 0. The molecule has 36 heavy (non-hydrogen) atoms. The molecular formula is C30H38N4O2. The molecule has 1 atom stereocenters. The van der Waals surface area contributed by atoms with Crippen molar-refractivity contribution < 1.29 is 9.59 Å². The van der Waals surface area contributed by atoms with E-state index in [9.17, 15) is 9.59 Å². The number of imide groups is 1. The summed E-state index contributed by atoms with van der Waals surface area (Å²) in [5, 5.41) is 0. The predicted octanol–water partition coefficient (Wildman–Crippen LogP) is 4.98. The van der Waals surface area contributed by atoms with Crippen LogP contribution < -0.4 is 4.90 Å². The number of rotatable bonds is 5. The molecule has 6 nitrogen and oxygen atoms in total. The minimum absolute atomic E-state index is 0.0330. The van der Waals surface area contributed by atoms with Crippen molar-refractivity contribution in [2.24, 2.45) is 0 Å². The van der Waals surface area contributed by atoms with Gasteiger partial charge in [0.15, 0.2) is 0 Å². The molecule has 1 spiro atoms. The molecule has 2 aromatic rings. The number of likely N-dealkylation sites (N-methyl/N-ethyl adjacent to an activating group) is 1. The molecule has 0 saturated carbocycles. The van der Waals surface area contributed by atoms with Gasteiger partial charge in [0, 0.05) is 45.0 Å². The van der Waals surface area contributed by atoms with Gasteiger partial charge in [-0.2, -0.15) is 0 Å². The zero-order chi connectivity index (χ0) is 24.7. The van der Waals surface area contributed by atoms with E-state index in [-0.39, 0.29) is 18.0 Å². The molecule has 0 aromatic heterocycles. The first-order valence-corrected chi connectivity index (χ1v) is 13.9. The molecule has 0 N–H and O–H groups in total. The van der Waals surface area contributed by atoms with Gasteiger partial charge in [0.2, 0.25) is 0 Å². The summed E-state index contributed by atoms with van der Waals surface area (Å²) in [6, 6.07) is 17.1. The summed E-state index contributed by atoms with van der Waals surface area (Å²) in [7, 11) is 0. The van der Waals surface area contributed by atoms with Crippen LogP contribution in [-0.4, -0.2) is 64.9 Å². The second-order valence-corrected chi connectivity index (χ2v) is 11.0. The van der Waals surface area contributed by atoms with Crippen LogP contribution in [0.5, 0.6) is 0 Å². The van der Waals surface area contributed by atoms with Crippen molar-refractivity contribution in [1.82, 2.24) is 14.7 Å². The monoisotopic (exact) mass is 486 g/mol. The van der Waals surface area contributed by atoms with Gasteiger partial charge in [0.05, 0.1) is 6.04 Å². The molecule has 1 unspecified atom stereocenters. The van der Waals surface area contributed by atoms with E-state index in [1.165, 1.54) is 29.7 Å². The maximum absolute atomic E-state index is 14.0. The number of urea groups is 1. The first-order valence-electron chi connectivity index (χ1n) is 13.9. The van der Waals surface area contributed by atoms with Crippen molar-refractivity contribution >= 4 is 17.6 Å². The van der Waals surface area contributed by atoms with Crippen LogP contribution in [0, 0.1) is 0 Å². The summed E-state index contributed by atoms with van der Waals surface area (Å²) in [6.07, 6.45) is 6.91. The quantitative estimate of drug-likeness (QED) is 0.559. The van der Waals surface area contributed by atoms with E-state index in [1.54, 1.807) is 4.90 Å². The summed E-state index contributed by atoms with van der Waals surface area (Å²) in [5.41, 5.74) is 4.40. The number of piperidine rings is 1. The number of anilines is 1. The van der Waals surface area contributed by atoms with Gasteiger partial charge in [-0.25, -0.2) is 4.79 Å². The van der Waals surface area contributed by atoms with Gasteiger partial charge in [-0.05, 0) is 80.7 Å². The van der Waals surface area contributed by atoms with Crippen LogP contribution in [0.15, 0.2) is 48.5 Å². The van der Waals surface area contributed by atoms with Gasteiger partial charge in [-0.1, -0.05) is 36.4 Å². The molecule has 0 radical (unpaired) electrons. The topological polar surface area (TPSA) is 47.1 Å². The minimum Gasteiger partial charge on any atom is -0.372 e. The van der Waals surface area contributed by atoms with Gasteiger partial charge in [-0.3, -0.25) is 14.6 Å². The third-order valence-corrected chi connectivity index (χ3v) is 9.03. The number of carbonyl (C=O) groups excluding carboxylic acids is 2. The van der Waals surface area contributed by atoms with Crippen LogP contribution in [0.3, 0.4) is 0 Å². The highest BCUT2D eigenvalue weighted by molar-refractivity contribution is 6.07. The van der Waals surface area contributed by atoms with Crippen LogP contribution >= 0.6 is 0 Å². The molecule has 4 aliphatic rings. The van der Waals surface area contributed by atoms with Crippen molar-refractivity contribution in [3.63, 3.8) is 0 Å². The number of nitrogens with zero attached hydrogens (tertiary/aromatic N) is 4. The smallest absolute Gasteiger partial charge is 0.328 e. The van der Waals surface area contributed by atoms with E-state index < -0.39 is 5.54 Å². The Morgan fingerprint density at radius 2 is 1.61 bits per heavy atom. The van der Waals surface area contributed by atoms with E-state index in [1.807, 2.05) is 17.9 Å². The molecule has 6 heteroatoms. The van der Waals surface area contributed by atoms with E-state index in [2.05, 4.69) is 52.3 Å². The first kappa shape index (κ1) is 23.5. The fourth-order valence-electron chi connectivity index (χ4n) is 7.06. The van der Waals surface area contributed by atoms with E-state index in [0.29, 0.717) is 19.4 Å². The standard InChI is InChI=1S/C30H38N4O2/c1-2-33-29(36)34(27-11-7-9-24-8-3-4-10-26(24)27)28(35)30(33)16-20-31(21-17-30)22-23-12-14-25(15-13-23)32-18-5-6-19-32/h3-4,8,10,12-15,27H,2,5-7,9,11,16-22H2,1H3. The van der Waals surface area contributed by atoms with Crippen LogP contribution in [-0.2, 0) is 17.8 Å². The van der Waals surface area contributed by atoms with Crippen molar-refractivity contribution in [2.45, 2.75) is 70.0 Å². The molecule has 3 fully saturated rings. The molecule has 190 valence electrons. The Morgan fingerprint density at radius 3 is 2.33 bits per heavy atom. The Hall–Kier alpha value is -2.86. The lowest BCUT2D eigenvalue weighted by molar-refractivity contribution is -0.137. The van der Waals surface area contributed by atoms with Crippen LogP contribution in [0.4, 0.5) is 10.5 Å². The van der Waals surface area contributed by atoms with Crippen LogP contribution in [0.2, 0.25) is 0 Å². The first-order chi connectivity index (χ1) is 17.6. The van der Waals surface area contributed by atoms with Crippen molar-refractivity contribution in [3.05, 3.63) is 65.2 Å². The Labute approximate surface area is 214 Å². The van der Waals surface area contributed by atoms with Gasteiger partial charge < -0.3 is 9.80 Å². The number of carbonyl (C=O) groups is 2. The average molecular weight is 487 g/mol. The highest BCUT2D eigenvalue weighted by Gasteiger charge is 2.59. The lowest BCUT2D eigenvalue weighted by Gasteiger charge is -2.42. The van der Waals surface area contributed by atoms with Crippen molar-refractivity contribution in [1.29, 1.82) is 0 Å². The van der Waals surface area contributed by atoms with Gasteiger partial charge in [-0.15, -0.1) is 0 Å². The highest BCUT2D eigenvalue weighted by atomic mass is 16.2. The number of likely N-dealkylation sites (tertiary alicyclic amines) is 1. The lowest BCUT2D eigenvalue weighted by atomic mass is 9.83. The summed E-state index contributed by atoms with van der Waals surface area (Å²) >= 11 is 0. The average Bonchev–Trinajstić information content (AvgIpc) is 3.52. The fraction of sp³-hybridized carbons (Fsp3) is 0.533. The summed E-state index contributed by atoms with van der Waals surface area (Å²) in [6.45, 7) is 7.48. The second kappa shape index (κ2) is 9.55. The number of aryl methyl sites for hydroxylation is 1. The largest absolute Gasteiger partial charge is 0.372 e. The van der Waals surface area contributed by atoms with E-state index in [4.69, 9.17) is 0 Å². The Bertz CT molecular complexity index is 1120. The lowest BCUT2D eigenvalue weighted by Crippen LogP contribution is -2.56. The Kier molecular flexibility index (Phi) is 6.24. The third kappa shape index (κ3) is 3.90. The molecule has 2 aromatic carbocycles.